The summed E-state index contributed by atoms with van der Waals surface area (Å²) in [6.45, 7) is 5.80. The van der Waals surface area contributed by atoms with Crippen LogP contribution in [0.3, 0.4) is 0 Å². The minimum atomic E-state index is -0.991. The van der Waals surface area contributed by atoms with Gasteiger partial charge in [0, 0.05) is 25.6 Å². The summed E-state index contributed by atoms with van der Waals surface area (Å²) in [7, 11) is 1.68. The molecule has 3 heterocycles. The number of likely N-dealkylation sites (N-methyl/N-ethyl adjacent to an activating group) is 1. The maximum Gasteiger partial charge on any atom is 0.261 e. The van der Waals surface area contributed by atoms with Crippen molar-refractivity contribution in [2.75, 3.05) is 20.1 Å². The Kier molecular flexibility index (Phi) is 3.44. The fourth-order valence-electron chi connectivity index (χ4n) is 4.04. The monoisotopic (exact) mass is 340 g/mol. The predicted octanol–water partition coefficient (Wildman–Crippen LogP) is 1.61. The highest BCUT2D eigenvalue weighted by Crippen LogP contribution is 2.49. The van der Waals surface area contributed by atoms with E-state index in [2.05, 4.69) is 28.5 Å². The van der Waals surface area contributed by atoms with Gasteiger partial charge in [0.2, 0.25) is 0 Å². The SMILES string of the molecule is CN1C(=O)C2(CC(C)(C)Oc3ccc(C4=CCCNC4)cc32)N=C1N. The second-order valence-corrected chi connectivity index (χ2v) is 7.64. The van der Waals surface area contributed by atoms with Crippen molar-refractivity contribution < 1.29 is 9.53 Å². The van der Waals surface area contributed by atoms with Gasteiger partial charge in [-0.3, -0.25) is 9.69 Å². The molecule has 0 saturated carbocycles. The molecule has 0 fully saturated rings. The minimum absolute atomic E-state index is 0.0875. The average molecular weight is 340 g/mol. The number of nitrogens with zero attached hydrogens (tertiary/aromatic N) is 2. The number of nitrogens with one attached hydrogen (secondary N) is 1. The number of aliphatic imine (C=N–C) groups is 1. The normalized spacial score (nSPS) is 27.6. The van der Waals surface area contributed by atoms with Crippen molar-refractivity contribution in [3.63, 3.8) is 0 Å². The van der Waals surface area contributed by atoms with E-state index < -0.39 is 11.1 Å². The highest BCUT2D eigenvalue weighted by Gasteiger charge is 2.55. The average Bonchev–Trinajstić information content (AvgIpc) is 2.79. The zero-order chi connectivity index (χ0) is 17.8. The molecule has 3 aliphatic rings. The number of carbonyl (C=O) groups excluding carboxylic acids is 1. The lowest BCUT2D eigenvalue weighted by atomic mass is 9.76. The van der Waals surface area contributed by atoms with Gasteiger partial charge in [0.05, 0.1) is 0 Å². The number of guanidine groups is 1. The molecule has 1 unspecified atom stereocenters. The van der Waals surface area contributed by atoms with Crippen LogP contribution in [-0.4, -0.2) is 42.5 Å². The molecule has 1 aromatic rings. The van der Waals surface area contributed by atoms with Crippen molar-refractivity contribution in [2.24, 2.45) is 10.7 Å². The number of ether oxygens (including phenoxy) is 1. The van der Waals surface area contributed by atoms with E-state index in [-0.39, 0.29) is 11.9 Å². The van der Waals surface area contributed by atoms with Crippen LogP contribution in [0.25, 0.3) is 5.57 Å². The molecule has 1 amide bonds. The Morgan fingerprint density at radius 2 is 2.16 bits per heavy atom. The summed E-state index contributed by atoms with van der Waals surface area (Å²) in [5.74, 6) is 0.887. The molecule has 0 saturated heterocycles. The van der Waals surface area contributed by atoms with Crippen molar-refractivity contribution >= 4 is 17.4 Å². The van der Waals surface area contributed by atoms with Crippen LogP contribution >= 0.6 is 0 Å². The van der Waals surface area contributed by atoms with E-state index in [0.717, 1.165) is 30.6 Å². The number of hydrogen-bond acceptors (Lipinski definition) is 5. The first-order valence-corrected chi connectivity index (χ1v) is 8.70. The maximum absolute atomic E-state index is 13.1. The molecule has 6 nitrogen and oxygen atoms in total. The van der Waals surface area contributed by atoms with Gasteiger partial charge >= 0.3 is 0 Å². The van der Waals surface area contributed by atoms with Gasteiger partial charge in [-0.25, -0.2) is 4.99 Å². The van der Waals surface area contributed by atoms with E-state index in [1.54, 1.807) is 7.05 Å². The molecular formula is C19H24N4O2. The van der Waals surface area contributed by atoms with E-state index in [4.69, 9.17) is 10.5 Å². The van der Waals surface area contributed by atoms with Crippen LogP contribution < -0.4 is 15.8 Å². The van der Waals surface area contributed by atoms with Gasteiger partial charge in [0.25, 0.3) is 5.91 Å². The molecule has 3 N–H and O–H groups in total. The van der Waals surface area contributed by atoms with Crippen molar-refractivity contribution in [3.8, 4) is 5.75 Å². The second-order valence-electron chi connectivity index (χ2n) is 7.64. The first-order valence-electron chi connectivity index (χ1n) is 8.70. The number of amides is 1. The molecule has 6 heteroatoms. The Morgan fingerprint density at radius 3 is 2.80 bits per heavy atom. The zero-order valence-electron chi connectivity index (χ0n) is 14.9. The van der Waals surface area contributed by atoms with Crippen LogP contribution in [0, 0.1) is 0 Å². The molecule has 1 atom stereocenters. The molecule has 0 aliphatic carbocycles. The number of rotatable bonds is 1. The van der Waals surface area contributed by atoms with E-state index in [0.29, 0.717) is 12.2 Å². The van der Waals surface area contributed by atoms with Gasteiger partial charge in [-0.2, -0.15) is 0 Å². The third-order valence-corrected chi connectivity index (χ3v) is 5.20. The van der Waals surface area contributed by atoms with E-state index in [9.17, 15) is 4.79 Å². The second kappa shape index (κ2) is 5.33. The number of fused-ring (bicyclic) bond motifs is 2. The minimum Gasteiger partial charge on any atom is -0.487 e. The van der Waals surface area contributed by atoms with Gasteiger partial charge < -0.3 is 15.8 Å². The molecule has 1 aromatic carbocycles. The maximum atomic E-state index is 13.1. The van der Waals surface area contributed by atoms with E-state index in [1.165, 1.54) is 10.5 Å². The van der Waals surface area contributed by atoms with Crippen LogP contribution in [0.4, 0.5) is 0 Å². The van der Waals surface area contributed by atoms with Gasteiger partial charge in [-0.1, -0.05) is 12.1 Å². The highest BCUT2D eigenvalue weighted by atomic mass is 16.5. The molecule has 3 aliphatic heterocycles. The Morgan fingerprint density at radius 1 is 1.36 bits per heavy atom. The summed E-state index contributed by atoms with van der Waals surface area (Å²) in [4.78, 5) is 19.1. The zero-order valence-corrected chi connectivity index (χ0v) is 14.9. The Balaban J connectivity index is 1.89. The number of benzene rings is 1. The summed E-state index contributed by atoms with van der Waals surface area (Å²) in [5, 5.41) is 3.39. The quantitative estimate of drug-likeness (QED) is 0.814. The third-order valence-electron chi connectivity index (χ3n) is 5.20. The lowest BCUT2D eigenvalue weighted by Gasteiger charge is -2.41. The molecule has 4 rings (SSSR count). The first-order chi connectivity index (χ1) is 11.8. The lowest BCUT2D eigenvalue weighted by molar-refractivity contribution is -0.133. The van der Waals surface area contributed by atoms with Gasteiger partial charge in [0.1, 0.15) is 11.4 Å². The molecular weight excluding hydrogens is 316 g/mol. The lowest BCUT2D eigenvalue weighted by Crippen LogP contribution is -2.49. The number of hydrogen-bond donors (Lipinski definition) is 2. The van der Waals surface area contributed by atoms with Gasteiger partial charge in [-0.15, -0.1) is 0 Å². The van der Waals surface area contributed by atoms with Crippen LogP contribution in [-0.2, 0) is 10.3 Å². The standard InChI is InChI=1S/C19H24N4O2/c1-18(2)11-19(16(24)23(3)17(20)22-19)14-9-12(6-7-15(14)25-18)13-5-4-8-21-10-13/h5-7,9,21H,4,8,10-11H2,1-3H3,(H2,20,22). The van der Waals surface area contributed by atoms with Crippen LogP contribution in [0.2, 0.25) is 0 Å². The van der Waals surface area contributed by atoms with Crippen molar-refractivity contribution in [1.29, 1.82) is 0 Å². The summed E-state index contributed by atoms with van der Waals surface area (Å²) in [6.07, 6.45) is 3.73. The molecule has 0 radical (unpaired) electrons. The smallest absolute Gasteiger partial charge is 0.261 e. The Bertz CT molecular complexity index is 812. The van der Waals surface area contributed by atoms with Crippen molar-refractivity contribution in [3.05, 3.63) is 35.4 Å². The summed E-state index contributed by atoms with van der Waals surface area (Å²) < 4.78 is 6.15. The Hall–Kier alpha value is -2.34. The molecule has 132 valence electrons. The van der Waals surface area contributed by atoms with Crippen molar-refractivity contribution in [1.82, 2.24) is 10.2 Å². The summed E-state index contributed by atoms with van der Waals surface area (Å²) in [6, 6.07) is 6.07. The topological polar surface area (TPSA) is 80.0 Å². The number of nitrogens with two attached hydrogens (primary N) is 1. The molecule has 0 aromatic heterocycles. The van der Waals surface area contributed by atoms with Gasteiger partial charge in [0.15, 0.2) is 11.5 Å². The number of carbonyl (C=O) groups is 1. The Labute approximate surface area is 147 Å². The molecule has 1 spiro atoms. The van der Waals surface area contributed by atoms with Crippen molar-refractivity contribution in [2.45, 2.75) is 37.8 Å². The van der Waals surface area contributed by atoms with Crippen LogP contribution in [0.5, 0.6) is 5.75 Å². The summed E-state index contributed by atoms with van der Waals surface area (Å²) in [5.41, 5.74) is 7.66. The van der Waals surface area contributed by atoms with E-state index in [1.807, 2.05) is 19.9 Å². The fraction of sp³-hybridized carbons (Fsp3) is 0.474. The van der Waals surface area contributed by atoms with Crippen LogP contribution in [0.15, 0.2) is 29.3 Å². The van der Waals surface area contributed by atoms with Crippen LogP contribution in [0.1, 0.15) is 37.8 Å². The predicted molar refractivity (Wildman–Crippen MR) is 97.3 cm³/mol. The van der Waals surface area contributed by atoms with Gasteiger partial charge in [-0.05, 0) is 50.1 Å². The summed E-state index contributed by atoms with van der Waals surface area (Å²) >= 11 is 0. The molecule has 0 bridgehead atoms. The third kappa shape index (κ3) is 2.43. The largest absolute Gasteiger partial charge is 0.487 e. The molecule has 25 heavy (non-hydrogen) atoms. The first kappa shape index (κ1) is 16.1. The van der Waals surface area contributed by atoms with E-state index >= 15 is 0 Å². The highest BCUT2D eigenvalue weighted by molar-refractivity contribution is 6.07. The fourth-order valence-corrected chi connectivity index (χ4v) is 4.04.